The normalized spacial score (nSPS) is 30.7. The Labute approximate surface area is 56.4 Å². The van der Waals surface area contributed by atoms with Crippen molar-refractivity contribution >= 4 is 0 Å². The topological polar surface area (TPSA) is 6.25 Å². The van der Waals surface area contributed by atoms with E-state index >= 15 is 0 Å². The van der Waals surface area contributed by atoms with Crippen molar-refractivity contribution in [3.63, 3.8) is 0 Å². The summed E-state index contributed by atoms with van der Waals surface area (Å²) in [5.41, 5.74) is 0. The van der Waals surface area contributed by atoms with Crippen LogP contribution in [0.4, 0.5) is 0 Å². The fraction of sp³-hybridized carbons (Fsp3) is 1.00. The molecular weight excluding hydrogens is 112 g/mol. The van der Waals surface area contributed by atoms with E-state index in [1.54, 1.807) is 0 Å². The minimum Gasteiger partial charge on any atom is -0.242 e. The van der Waals surface area contributed by atoms with Crippen LogP contribution in [0.1, 0.15) is 19.3 Å². The minimum atomic E-state index is 1.32. The van der Waals surface area contributed by atoms with E-state index in [0.717, 1.165) is 0 Å². The molecule has 0 aromatic rings. The number of hydrogen-bond acceptors (Lipinski definition) is 2. The molecule has 9 heavy (non-hydrogen) atoms. The monoisotopic (exact) mass is 126 g/mol. The van der Waals surface area contributed by atoms with E-state index in [4.69, 9.17) is 0 Å². The second-order valence-electron chi connectivity index (χ2n) is 2.97. The Balaban J connectivity index is 1.80. The molecule has 0 spiro atoms. The summed E-state index contributed by atoms with van der Waals surface area (Å²) in [7, 11) is 0. The van der Waals surface area contributed by atoms with Gasteiger partial charge in [-0.05, 0) is 12.8 Å². The fourth-order valence-electron chi connectivity index (χ4n) is 1.49. The lowest BCUT2D eigenvalue weighted by atomic mass is 10.2. The highest BCUT2D eigenvalue weighted by Gasteiger charge is 2.25. The smallest absolute Gasteiger partial charge is 0.0275 e. The molecule has 0 N–H and O–H groups in total. The molecule has 0 bridgehead atoms. The largest absolute Gasteiger partial charge is 0.242 e. The third-order valence-electron chi connectivity index (χ3n) is 2.16. The van der Waals surface area contributed by atoms with Gasteiger partial charge in [-0.2, -0.15) is 0 Å². The average Bonchev–Trinajstić information content (AvgIpc) is 2.71. The van der Waals surface area contributed by atoms with E-state index in [2.05, 4.69) is 10.0 Å². The van der Waals surface area contributed by atoms with Crippen molar-refractivity contribution in [1.82, 2.24) is 10.0 Å². The van der Waals surface area contributed by atoms with Crippen molar-refractivity contribution in [1.29, 1.82) is 0 Å². The predicted octanol–water partition coefficient (Wildman–Crippen LogP) is 0.703. The molecule has 2 nitrogen and oxygen atoms in total. The van der Waals surface area contributed by atoms with Gasteiger partial charge in [0.05, 0.1) is 0 Å². The second kappa shape index (κ2) is 2.27. The Hall–Kier alpha value is -0.0800. The maximum atomic E-state index is 2.50. The minimum absolute atomic E-state index is 1.32. The summed E-state index contributed by atoms with van der Waals surface area (Å²) in [6, 6.07) is 0. The van der Waals surface area contributed by atoms with Crippen LogP contribution in [0.25, 0.3) is 0 Å². The first-order valence-corrected chi connectivity index (χ1v) is 3.96. The van der Waals surface area contributed by atoms with Crippen LogP contribution in [0.2, 0.25) is 0 Å². The third-order valence-corrected chi connectivity index (χ3v) is 2.16. The van der Waals surface area contributed by atoms with Crippen LogP contribution in [-0.4, -0.2) is 36.2 Å². The summed E-state index contributed by atoms with van der Waals surface area (Å²) in [6.45, 7) is 5.28. The Bertz CT molecular complexity index is 93.1. The first-order chi connectivity index (χ1) is 4.47. The van der Waals surface area contributed by atoms with Gasteiger partial charge in [0.15, 0.2) is 0 Å². The van der Waals surface area contributed by atoms with Crippen LogP contribution in [0.15, 0.2) is 0 Å². The van der Waals surface area contributed by atoms with Crippen LogP contribution >= 0.6 is 0 Å². The van der Waals surface area contributed by atoms with E-state index in [9.17, 15) is 0 Å². The Kier molecular flexibility index (Phi) is 1.44. The zero-order valence-electron chi connectivity index (χ0n) is 5.84. The van der Waals surface area contributed by atoms with Crippen molar-refractivity contribution in [3.8, 4) is 0 Å². The molecule has 0 atom stereocenters. The molecule has 0 aliphatic carbocycles. The van der Waals surface area contributed by atoms with Crippen LogP contribution < -0.4 is 0 Å². The molecule has 2 rings (SSSR count). The summed E-state index contributed by atoms with van der Waals surface area (Å²) in [6.07, 6.45) is 4.28. The van der Waals surface area contributed by atoms with Gasteiger partial charge in [-0.3, -0.25) is 0 Å². The molecule has 2 aliphatic rings. The van der Waals surface area contributed by atoms with Gasteiger partial charge in [-0.1, -0.05) is 6.42 Å². The highest BCUT2D eigenvalue weighted by atomic mass is 15.7. The number of piperidine rings is 1. The van der Waals surface area contributed by atoms with Gasteiger partial charge in [0.2, 0.25) is 0 Å². The molecule has 2 aliphatic heterocycles. The van der Waals surface area contributed by atoms with Crippen molar-refractivity contribution in [2.75, 3.05) is 26.2 Å². The van der Waals surface area contributed by atoms with E-state index in [1.165, 1.54) is 45.4 Å². The molecule has 2 heteroatoms. The van der Waals surface area contributed by atoms with Crippen molar-refractivity contribution in [3.05, 3.63) is 0 Å². The quantitative estimate of drug-likeness (QED) is 0.477. The van der Waals surface area contributed by atoms with Crippen LogP contribution in [0, 0.1) is 0 Å². The molecule has 0 radical (unpaired) electrons. The highest BCUT2D eigenvalue weighted by Crippen LogP contribution is 2.16. The van der Waals surface area contributed by atoms with Gasteiger partial charge in [0, 0.05) is 26.2 Å². The van der Waals surface area contributed by atoms with Gasteiger partial charge in [0.1, 0.15) is 0 Å². The van der Waals surface area contributed by atoms with Crippen molar-refractivity contribution < 1.29 is 0 Å². The molecule has 0 aromatic carbocycles. The summed E-state index contributed by atoms with van der Waals surface area (Å²) in [5.74, 6) is 0. The third kappa shape index (κ3) is 1.25. The SMILES string of the molecule is C1CCN(N2CC2)CC1. The molecule has 0 saturated carbocycles. The first-order valence-electron chi connectivity index (χ1n) is 3.96. The molecule has 0 aromatic heterocycles. The Morgan fingerprint density at radius 3 is 1.67 bits per heavy atom. The van der Waals surface area contributed by atoms with E-state index in [-0.39, 0.29) is 0 Å². The highest BCUT2D eigenvalue weighted by molar-refractivity contribution is 4.73. The molecule has 0 unspecified atom stereocenters. The van der Waals surface area contributed by atoms with Gasteiger partial charge < -0.3 is 0 Å². The van der Waals surface area contributed by atoms with Crippen LogP contribution in [0.3, 0.4) is 0 Å². The number of hydrazine groups is 1. The van der Waals surface area contributed by atoms with E-state index < -0.39 is 0 Å². The van der Waals surface area contributed by atoms with Gasteiger partial charge in [0.25, 0.3) is 0 Å². The molecular formula is C7H14N2. The molecule has 2 fully saturated rings. The summed E-state index contributed by atoms with van der Waals surface area (Å²) in [5, 5.41) is 4.95. The first kappa shape index (κ1) is 5.69. The molecule has 0 amide bonds. The summed E-state index contributed by atoms with van der Waals surface area (Å²) >= 11 is 0. The Morgan fingerprint density at radius 1 is 0.556 bits per heavy atom. The lowest BCUT2D eigenvalue weighted by Gasteiger charge is -2.26. The lowest BCUT2D eigenvalue weighted by Crippen LogP contribution is -2.34. The zero-order valence-corrected chi connectivity index (χ0v) is 5.84. The summed E-state index contributed by atoms with van der Waals surface area (Å²) < 4.78 is 0. The maximum absolute atomic E-state index is 2.50. The van der Waals surface area contributed by atoms with Crippen LogP contribution in [0.5, 0.6) is 0 Å². The molecule has 2 saturated heterocycles. The van der Waals surface area contributed by atoms with Gasteiger partial charge in [-0.25, -0.2) is 10.0 Å². The maximum Gasteiger partial charge on any atom is 0.0275 e. The molecule has 52 valence electrons. The molecule has 2 heterocycles. The van der Waals surface area contributed by atoms with Crippen molar-refractivity contribution in [2.24, 2.45) is 0 Å². The van der Waals surface area contributed by atoms with Crippen LogP contribution in [-0.2, 0) is 0 Å². The average molecular weight is 126 g/mol. The van der Waals surface area contributed by atoms with Gasteiger partial charge in [-0.15, -0.1) is 0 Å². The zero-order chi connectivity index (χ0) is 6.10. The number of hydrogen-bond donors (Lipinski definition) is 0. The van der Waals surface area contributed by atoms with E-state index in [0.29, 0.717) is 0 Å². The number of nitrogens with zero attached hydrogens (tertiary/aromatic N) is 2. The fourth-order valence-corrected chi connectivity index (χ4v) is 1.49. The number of rotatable bonds is 1. The standard InChI is InChI=1S/C7H14N2/c1-2-4-8(5-3-1)9-6-7-9/h1-7H2. The lowest BCUT2D eigenvalue weighted by molar-refractivity contribution is 0.0644. The van der Waals surface area contributed by atoms with E-state index in [1.807, 2.05) is 0 Å². The summed E-state index contributed by atoms with van der Waals surface area (Å²) in [4.78, 5) is 0. The second-order valence-corrected chi connectivity index (χ2v) is 2.97. The predicted molar refractivity (Wildman–Crippen MR) is 37.0 cm³/mol. The van der Waals surface area contributed by atoms with Crippen molar-refractivity contribution in [2.45, 2.75) is 19.3 Å². The Morgan fingerprint density at radius 2 is 1.11 bits per heavy atom. The van der Waals surface area contributed by atoms with Gasteiger partial charge >= 0.3 is 0 Å².